The fraction of sp³-hybridized carbons (Fsp3) is 0.250. The Morgan fingerprint density at radius 2 is 2.05 bits per heavy atom. The summed E-state index contributed by atoms with van der Waals surface area (Å²) in [6.07, 6.45) is 2.63. The molecule has 5 nitrogen and oxygen atoms in total. The second kappa shape index (κ2) is 6.03. The van der Waals surface area contributed by atoms with Gasteiger partial charge in [-0.1, -0.05) is 24.3 Å². The molecule has 1 aromatic heterocycles. The Labute approximate surface area is 123 Å². The molecule has 1 amide bonds. The van der Waals surface area contributed by atoms with E-state index in [0.29, 0.717) is 12.1 Å². The maximum absolute atomic E-state index is 12.5. The van der Waals surface area contributed by atoms with Gasteiger partial charge in [0.2, 0.25) is 6.29 Å². The van der Waals surface area contributed by atoms with Crippen LogP contribution in [-0.4, -0.2) is 28.6 Å². The summed E-state index contributed by atoms with van der Waals surface area (Å²) in [6.45, 7) is 2.31. The number of carbonyl (C=O) groups excluding carboxylic acids is 1. The zero-order valence-corrected chi connectivity index (χ0v) is 11.7. The van der Waals surface area contributed by atoms with Gasteiger partial charge < -0.3 is 4.74 Å². The summed E-state index contributed by atoms with van der Waals surface area (Å²) in [5.74, 6) is -0.167. The highest BCUT2D eigenvalue weighted by atomic mass is 16.8. The maximum Gasteiger partial charge on any atom is 0.277 e. The second-order valence-electron chi connectivity index (χ2n) is 4.90. The number of hydrogen-bond acceptors (Lipinski definition) is 4. The highest BCUT2D eigenvalue weighted by Gasteiger charge is 2.31. The summed E-state index contributed by atoms with van der Waals surface area (Å²) in [7, 11) is 0. The third-order valence-corrected chi connectivity index (χ3v) is 3.21. The van der Waals surface area contributed by atoms with Crippen LogP contribution in [0.3, 0.4) is 0 Å². The molecule has 2 heterocycles. The first-order valence-corrected chi connectivity index (χ1v) is 6.83. The van der Waals surface area contributed by atoms with E-state index in [2.05, 4.69) is 4.98 Å². The minimum Gasteiger partial charge on any atom is -0.341 e. The topological polar surface area (TPSA) is 51.7 Å². The van der Waals surface area contributed by atoms with Gasteiger partial charge in [0.15, 0.2) is 0 Å². The first-order chi connectivity index (χ1) is 10.2. The van der Waals surface area contributed by atoms with Gasteiger partial charge in [-0.15, -0.1) is 0 Å². The van der Waals surface area contributed by atoms with Gasteiger partial charge in [-0.05, 0) is 25.1 Å². The molecule has 2 unspecified atom stereocenters. The summed E-state index contributed by atoms with van der Waals surface area (Å²) >= 11 is 0. The summed E-state index contributed by atoms with van der Waals surface area (Å²) in [5.41, 5.74) is 1.38. The molecular weight excluding hydrogens is 268 g/mol. The molecule has 0 spiro atoms. The molecule has 1 saturated heterocycles. The lowest BCUT2D eigenvalue weighted by molar-refractivity contribution is -0.320. The summed E-state index contributed by atoms with van der Waals surface area (Å²) < 4.78 is 5.73. The van der Waals surface area contributed by atoms with Crippen molar-refractivity contribution in [2.24, 2.45) is 0 Å². The largest absolute Gasteiger partial charge is 0.341 e. The number of hydrogen-bond donors (Lipinski definition) is 0. The number of nitrogens with zero attached hydrogens (tertiary/aromatic N) is 2. The molecule has 5 heteroatoms. The average Bonchev–Trinajstić information content (AvgIpc) is 2.55. The van der Waals surface area contributed by atoms with Gasteiger partial charge in [-0.2, -0.15) is 0 Å². The fourth-order valence-corrected chi connectivity index (χ4v) is 2.18. The third-order valence-electron chi connectivity index (χ3n) is 3.21. The predicted molar refractivity (Wildman–Crippen MR) is 76.1 cm³/mol. The molecule has 1 aliphatic heterocycles. The Balaban J connectivity index is 1.79. The Bertz CT molecular complexity index is 603. The first-order valence-electron chi connectivity index (χ1n) is 6.83. The van der Waals surface area contributed by atoms with Crippen LogP contribution in [0.15, 0.2) is 54.9 Å². The van der Waals surface area contributed by atoms with Crippen molar-refractivity contribution in [2.45, 2.75) is 19.3 Å². The van der Waals surface area contributed by atoms with Crippen LogP contribution in [0.25, 0.3) is 0 Å². The smallest absolute Gasteiger partial charge is 0.277 e. The molecule has 108 valence electrons. The van der Waals surface area contributed by atoms with Gasteiger partial charge in [0, 0.05) is 23.5 Å². The van der Waals surface area contributed by atoms with Gasteiger partial charge in [0.25, 0.3) is 5.91 Å². The summed E-state index contributed by atoms with van der Waals surface area (Å²) in [5, 5.41) is 1.36. The van der Waals surface area contributed by atoms with E-state index < -0.39 is 6.29 Å². The number of benzene rings is 1. The van der Waals surface area contributed by atoms with E-state index in [-0.39, 0.29) is 12.0 Å². The van der Waals surface area contributed by atoms with Crippen molar-refractivity contribution >= 4 is 5.91 Å². The maximum atomic E-state index is 12.5. The summed E-state index contributed by atoms with van der Waals surface area (Å²) in [4.78, 5) is 22.2. The third kappa shape index (κ3) is 3.09. The molecule has 0 bridgehead atoms. The molecule has 1 aromatic carbocycles. The Morgan fingerprint density at radius 3 is 2.76 bits per heavy atom. The van der Waals surface area contributed by atoms with Crippen LogP contribution in [0.1, 0.15) is 29.1 Å². The van der Waals surface area contributed by atoms with Crippen molar-refractivity contribution in [1.82, 2.24) is 10.0 Å². The van der Waals surface area contributed by atoms with Crippen molar-refractivity contribution in [3.8, 4) is 0 Å². The molecule has 1 aliphatic rings. The zero-order chi connectivity index (χ0) is 14.7. The highest BCUT2D eigenvalue weighted by Crippen LogP contribution is 2.27. The van der Waals surface area contributed by atoms with Gasteiger partial charge in [-0.25, -0.2) is 9.90 Å². The van der Waals surface area contributed by atoms with Gasteiger partial charge in [0.05, 0.1) is 12.6 Å². The lowest BCUT2D eigenvalue weighted by Crippen LogP contribution is -2.44. The van der Waals surface area contributed by atoms with E-state index in [4.69, 9.17) is 9.57 Å². The minimum absolute atomic E-state index is 0.114. The van der Waals surface area contributed by atoms with Crippen LogP contribution in [0.5, 0.6) is 0 Å². The normalized spacial score (nSPS) is 22.0. The van der Waals surface area contributed by atoms with E-state index in [1.54, 1.807) is 24.5 Å². The number of carbonyl (C=O) groups is 1. The van der Waals surface area contributed by atoms with Crippen molar-refractivity contribution in [1.29, 1.82) is 0 Å². The molecule has 2 aromatic rings. The van der Waals surface area contributed by atoms with Gasteiger partial charge >= 0.3 is 0 Å². The van der Waals surface area contributed by atoms with Crippen LogP contribution in [0.4, 0.5) is 0 Å². The molecule has 0 saturated carbocycles. The predicted octanol–water partition coefficient (Wildman–Crippen LogP) is 2.57. The van der Waals surface area contributed by atoms with Crippen LogP contribution >= 0.6 is 0 Å². The lowest BCUT2D eigenvalue weighted by atomic mass is 10.2. The van der Waals surface area contributed by atoms with Gasteiger partial charge in [-0.3, -0.25) is 9.78 Å². The number of hydroxylamine groups is 2. The number of aromatic nitrogens is 1. The number of ether oxygens (including phenoxy) is 1. The Morgan fingerprint density at radius 1 is 1.24 bits per heavy atom. The molecule has 0 N–H and O–H groups in total. The Kier molecular flexibility index (Phi) is 3.94. The highest BCUT2D eigenvalue weighted by molar-refractivity contribution is 5.93. The number of rotatable bonds is 2. The second-order valence-corrected chi connectivity index (χ2v) is 4.90. The molecule has 0 aliphatic carbocycles. The Hall–Kier alpha value is -2.24. The average molecular weight is 284 g/mol. The molecule has 0 radical (unpaired) electrons. The summed E-state index contributed by atoms with van der Waals surface area (Å²) in [6, 6.07) is 12.7. The van der Waals surface area contributed by atoms with E-state index in [0.717, 1.165) is 5.56 Å². The van der Waals surface area contributed by atoms with E-state index in [1.807, 2.05) is 37.3 Å². The standard InChI is InChI=1S/C16H16N2O3/c1-12-11-18(15(19)13-6-3-2-4-7-13)21-16(20-12)14-8-5-9-17-10-14/h2-10,12,16H,11H2,1H3. The lowest BCUT2D eigenvalue weighted by Gasteiger charge is -2.35. The fourth-order valence-electron chi connectivity index (χ4n) is 2.18. The molecule has 1 fully saturated rings. The quantitative estimate of drug-likeness (QED) is 0.850. The number of amides is 1. The van der Waals surface area contributed by atoms with Crippen molar-refractivity contribution in [3.63, 3.8) is 0 Å². The van der Waals surface area contributed by atoms with Crippen LogP contribution < -0.4 is 0 Å². The number of pyridine rings is 1. The van der Waals surface area contributed by atoms with Gasteiger partial charge in [0.1, 0.15) is 0 Å². The first kappa shape index (κ1) is 13.7. The van der Waals surface area contributed by atoms with Crippen LogP contribution in [0.2, 0.25) is 0 Å². The van der Waals surface area contributed by atoms with E-state index >= 15 is 0 Å². The molecule has 2 atom stereocenters. The SMILES string of the molecule is CC1CN(C(=O)c2ccccc2)OC(c2cccnc2)O1. The monoisotopic (exact) mass is 284 g/mol. The molecule has 3 rings (SSSR count). The van der Waals surface area contributed by atoms with Crippen LogP contribution in [0, 0.1) is 0 Å². The minimum atomic E-state index is -0.616. The van der Waals surface area contributed by atoms with Crippen molar-refractivity contribution < 1.29 is 14.4 Å². The zero-order valence-electron chi connectivity index (χ0n) is 11.7. The molecule has 21 heavy (non-hydrogen) atoms. The van der Waals surface area contributed by atoms with E-state index in [9.17, 15) is 4.79 Å². The van der Waals surface area contributed by atoms with Crippen molar-refractivity contribution in [2.75, 3.05) is 6.54 Å². The molecular formula is C16H16N2O3. The van der Waals surface area contributed by atoms with Crippen molar-refractivity contribution in [3.05, 3.63) is 66.0 Å². The van der Waals surface area contributed by atoms with E-state index in [1.165, 1.54) is 5.06 Å². The van der Waals surface area contributed by atoms with Crippen LogP contribution in [-0.2, 0) is 9.57 Å².